The van der Waals surface area contributed by atoms with E-state index >= 15 is 0 Å². The number of halogens is 1. The molecule has 0 bridgehead atoms. The van der Waals surface area contributed by atoms with E-state index in [0.29, 0.717) is 24.7 Å². The van der Waals surface area contributed by atoms with Crippen LogP contribution in [-0.4, -0.2) is 31.7 Å². The molecule has 4 aliphatic rings. The second-order valence-corrected chi connectivity index (χ2v) is 11.3. The second-order valence-electron chi connectivity index (χ2n) is 11.3. The van der Waals surface area contributed by atoms with Crippen LogP contribution in [0, 0.1) is 46.7 Å². The summed E-state index contributed by atoms with van der Waals surface area (Å²) in [5.41, 5.74) is 2.73. The highest BCUT2D eigenvalue weighted by Crippen LogP contribution is 2.67. The minimum Gasteiger partial charge on any atom is -0.393 e. The lowest BCUT2D eigenvalue weighted by molar-refractivity contribution is -0.152. The number of hydrogen-bond donors (Lipinski definition) is 2. The summed E-state index contributed by atoms with van der Waals surface area (Å²) in [6.45, 7) is 4.41. The first-order valence-corrected chi connectivity index (χ1v) is 12.1. The van der Waals surface area contributed by atoms with Crippen LogP contribution in [0.4, 0.5) is 4.39 Å². The van der Waals surface area contributed by atoms with Gasteiger partial charge in [0.05, 0.1) is 23.7 Å². The van der Waals surface area contributed by atoms with Crippen molar-refractivity contribution >= 4 is 6.08 Å². The molecule has 6 rings (SSSR count). The minimum absolute atomic E-state index is 0.137. The van der Waals surface area contributed by atoms with Crippen molar-refractivity contribution in [1.82, 2.24) is 9.78 Å². The molecule has 0 saturated heterocycles. The van der Waals surface area contributed by atoms with Gasteiger partial charge in [-0.2, -0.15) is 5.10 Å². The van der Waals surface area contributed by atoms with Gasteiger partial charge in [-0.25, -0.2) is 9.07 Å². The number of aliphatic hydroxyl groups is 2. The van der Waals surface area contributed by atoms with Gasteiger partial charge in [0.25, 0.3) is 0 Å². The Morgan fingerprint density at radius 2 is 1.97 bits per heavy atom. The van der Waals surface area contributed by atoms with Gasteiger partial charge in [0.2, 0.25) is 0 Å². The van der Waals surface area contributed by atoms with Gasteiger partial charge in [0, 0.05) is 5.41 Å². The number of terminal acetylenes is 1. The maximum absolute atomic E-state index is 13.4. The average molecular weight is 447 g/mol. The molecular weight excluding hydrogens is 415 g/mol. The Balaban J connectivity index is 1.39. The van der Waals surface area contributed by atoms with E-state index in [1.807, 2.05) is 10.9 Å². The zero-order valence-electron chi connectivity index (χ0n) is 19.3. The van der Waals surface area contributed by atoms with Gasteiger partial charge in [-0.1, -0.05) is 25.3 Å². The third kappa shape index (κ3) is 2.68. The van der Waals surface area contributed by atoms with Crippen LogP contribution in [0.3, 0.4) is 0 Å². The monoisotopic (exact) mass is 446 g/mol. The van der Waals surface area contributed by atoms with Crippen LogP contribution in [0.15, 0.2) is 36.0 Å². The molecule has 33 heavy (non-hydrogen) atoms. The zero-order chi connectivity index (χ0) is 23.2. The van der Waals surface area contributed by atoms with Gasteiger partial charge in [-0.05, 0) is 97.6 Å². The lowest BCUT2D eigenvalue weighted by Gasteiger charge is -2.60. The number of fused-ring (bicyclic) bond motifs is 6. The van der Waals surface area contributed by atoms with Gasteiger partial charge in [-0.15, -0.1) is 6.42 Å². The van der Waals surface area contributed by atoms with Crippen LogP contribution in [0.1, 0.15) is 57.2 Å². The van der Waals surface area contributed by atoms with Crippen molar-refractivity contribution in [3.8, 4) is 18.0 Å². The molecule has 3 fully saturated rings. The van der Waals surface area contributed by atoms with Crippen LogP contribution in [0.25, 0.3) is 11.8 Å². The van der Waals surface area contributed by atoms with Crippen molar-refractivity contribution in [3.63, 3.8) is 0 Å². The second kappa shape index (κ2) is 6.81. The predicted molar refractivity (Wildman–Crippen MR) is 125 cm³/mol. The van der Waals surface area contributed by atoms with Crippen molar-refractivity contribution in [3.05, 3.63) is 53.1 Å². The van der Waals surface area contributed by atoms with Crippen molar-refractivity contribution in [1.29, 1.82) is 0 Å². The highest BCUT2D eigenvalue weighted by Gasteiger charge is 2.66. The Bertz CT molecular complexity index is 1190. The molecule has 1 aromatic carbocycles. The fraction of sp³-hybridized carbons (Fsp3) is 0.536. The Morgan fingerprint density at radius 3 is 2.70 bits per heavy atom. The van der Waals surface area contributed by atoms with Crippen molar-refractivity contribution in [2.24, 2.45) is 28.6 Å². The van der Waals surface area contributed by atoms with Crippen molar-refractivity contribution in [2.45, 2.75) is 64.1 Å². The summed E-state index contributed by atoms with van der Waals surface area (Å²) >= 11 is 0. The van der Waals surface area contributed by atoms with E-state index in [-0.39, 0.29) is 17.2 Å². The summed E-state index contributed by atoms with van der Waals surface area (Å²) in [5.74, 6) is 3.25. The molecule has 0 amide bonds. The molecular formula is C28H31FN2O2. The highest BCUT2D eigenvalue weighted by atomic mass is 19.1. The zero-order valence-corrected chi connectivity index (χ0v) is 19.3. The van der Waals surface area contributed by atoms with Crippen LogP contribution in [-0.2, 0) is 6.42 Å². The SMILES string of the molecule is C#CC1(O)CCC2C3CCC4=Cc5c(cnn5-c5ccc(F)cc5)CC4(C)C3C(O)CC21C. The number of hydrogen-bond acceptors (Lipinski definition) is 3. The molecule has 3 saturated carbocycles. The largest absolute Gasteiger partial charge is 0.393 e. The van der Waals surface area contributed by atoms with Crippen molar-refractivity contribution in [2.75, 3.05) is 0 Å². The molecule has 7 atom stereocenters. The van der Waals surface area contributed by atoms with E-state index in [1.165, 1.54) is 23.3 Å². The molecule has 172 valence electrons. The number of nitrogens with zero attached hydrogens (tertiary/aromatic N) is 2. The fourth-order valence-electron chi connectivity index (χ4n) is 8.21. The third-order valence-corrected chi connectivity index (χ3v) is 9.89. The number of benzene rings is 1. The molecule has 2 N–H and O–H groups in total. The number of rotatable bonds is 1. The van der Waals surface area contributed by atoms with Crippen LogP contribution in [0.2, 0.25) is 0 Å². The molecule has 2 aromatic rings. The van der Waals surface area contributed by atoms with Gasteiger partial charge in [0.1, 0.15) is 11.4 Å². The molecule has 0 aliphatic heterocycles. The Hall–Kier alpha value is -2.42. The van der Waals surface area contributed by atoms with Gasteiger partial charge < -0.3 is 10.2 Å². The quantitative estimate of drug-likeness (QED) is 0.633. The molecule has 1 heterocycles. The average Bonchev–Trinajstić information content (AvgIpc) is 3.30. The smallest absolute Gasteiger partial charge is 0.130 e. The molecule has 1 aromatic heterocycles. The molecule has 4 nitrogen and oxygen atoms in total. The molecule has 4 aliphatic carbocycles. The number of aromatic nitrogens is 2. The van der Waals surface area contributed by atoms with E-state index in [9.17, 15) is 14.6 Å². The predicted octanol–water partition coefficient (Wildman–Crippen LogP) is 4.53. The Kier molecular flexibility index (Phi) is 4.36. The molecule has 0 radical (unpaired) electrons. The Morgan fingerprint density at radius 1 is 1.21 bits per heavy atom. The van der Waals surface area contributed by atoms with Crippen LogP contribution >= 0.6 is 0 Å². The van der Waals surface area contributed by atoms with Gasteiger partial charge >= 0.3 is 0 Å². The fourth-order valence-corrected chi connectivity index (χ4v) is 8.21. The van der Waals surface area contributed by atoms with E-state index < -0.39 is 17.1 Å². The summed E-state index contributed by atoms with van der Waals surface area (Å²) in [5, 5.41) is 27.4. The topological polar surface area (TPSA) is 58.3 Å². The lowest BCUT2D eigenvalue weighted by atomic mass is 9.45. The Labute approximate surface area is 194 Å². The number of aliphatic hydroxyl groups excluding tert-OH is 1. The summed E-state index contributed by atoms with van der Waals surface area (Å²) in [6.07, 6.45) is 14.4. The van der Waals surface area contributed by atoms with Crippen LogP contribution < -0.4 is 0 Å². The lowest BCUT2D eigenvalue weighted by Crippen LogP contribution is -2.59. The summed E-state index contributed by atoms with van der Waals surface area (Å²) in [6, 6.07) is 6.43. The number of allylic oxidation sites excluding steroid dienone is 1. The first kappa shape index (κ1) is 21.1. The maximum Gasteiger partial charge on any atom is 0.130 e. The van der Waals surface area contributed by atoms with Crippen molar-refractivity contribution < 1.29 is 14.6 Å². The van der Waals surface area contributed by atoms with E-state index in [1.54, 1.807) is 12.1 Å². The van der Waals surface area contributed by atoms with E-state index in [0.717, 1.165) is 37.1 Å². The normalized spacial score (nSPS) is 41.3. The van der Waals surface area contributed by atoms with Gasteiger partial charge in [0.15, 0.2) is 0 Å². The first-order valence-electron chi connectivity index (χ1n) is 12.1. The van der Waals surface area contributed by atoms with E-state index in [4.69, 9.17) is 6.42 Å². The minimum atomic E-state index is -1.13. The molecule has 0 spiro atoms. The standard InChI is InChI=1S/C28H31FN2O2/c1-4-28(33)12-11-22-21-10-5-18-13-23-17(16-30-31(23)20-8-6-19(29)7-9-20)14-26(18,2)25(21)24(32)15-27(22,28)3/h1,6-9,13,16,21-22,24-25,32-33H,5,10-12,14-15H2,2-3H3. The summed E-state index contributed by atoms with van der Waals surface area (Å²) in [7, 11) is 0. The van der Waals surface area contributed by atoms with Crippen LogP contribution in [0.5, 0.6) is 0 Å². The third-order valence-electron chi connectivity index (χ3n) is 9.89. The van der Waals surface area contributed by atoms with Gasteiger partial charge in [-0.3, -0.25) is 0 Å². The maximum atomic E-state index is 13.4. The highest BCUT2D eigenvalue weighted by molar-refractivity contribution is 5.61. The summed E-state index contributed by atoms with van der Waals surface area (Å²) in [4.78, 5) is 0. The van der Waals surface area contributed by atoms with E-state index in [2.05, 4.69) is 30.9 Å². The molecule has 7 unspecified atom stereocenters. The first-order chi connectivity index (χ1) is 15.7. The molecule has 5 heteroatoms. The summed E-state index contributed by atoms with van der Waals surface area (Å²) < 4.78 is 15.3.